The molecule has 0 unspecified atom stereocenters. The minimum absolute atomic E-state index is 0.646. The molecule has 1 aromatic carbocycles. The van der Waals surface area contributed by atoms with Crippen molar-refractivity contribution in [3.63, 3.8) is 0 Å². The maximum atomic E-state index is 5.42. The highest BCUT2D eigenvalue weighted by atomic mass is 16.5. The summed E-state index contributed by atoms with van der Waals surface area (Å²) in [4.78, 5) is 10.2. The fourth-order valence-corrected chi connectivity index (χ4v) is 2.83. The third-order valence-corrected chi connectivity index (χ3v) is 3.91. The molecule has 2 heterocycles. The Balaban J connectivity index is 1.72. The van der Waals surface area contributed by atoms with Crippen molar-refractivity contribution < 1.29 is 4.74 Å². The largest absolute Gasteiger partial charge is 0.381 e. The van der Waals surface area contributed by atoms with E-state index in [0.29, 0.717) is 6.04 Å². The zero-order valence-corrected chi connectivity index (χ0v) is 11.6. The number of ether oxygens (including phenoxy) is 1. The van der Waals surface area contributed by atoms with Crippen LogP contribution in [0.3, 0.4) is 0 Å². The molecule has 0 bridgehead atoms. The first-order valence-corrected chi connectivity index (χ1v) is 6.95. The van der Waals surface area contributed by atoms with Gasteiger partial charge < -0.3 is 9.72 Å². The molecule has 102 valence electrons. The van der Waals surface area contributed by atoms with Crippen LogP contribution in [-0.4, -0.2) is 41.2 Å². The number of H-pyrrole nitrogens is 1. The second-order valence-corrected chi connectivity index (χ2v) is 5.43. The first-order chi connectivity index (χ1) is 9.22. The van der Waals surface area contributed by atoms with Crippen molar-refractivity contribution in [1.29, 1.82) is 0 Å². The van der Waals surface area contributed by atoms with Crippen molar-refractivity contribution in [3.8, 4) is 0 Å². The minimum atomic E-state index is 0.646. The molecule has 0 amide bonds. The topological polar surface area (TPSA) is 41.2 Å². The zero-order chi connectivity index (χ0) is 13.2. The summed E-state index contributed by atoms with van der Waals surface area (Å²) in [5, 5.41) is 0. The summed E-state index contributed by atoms with van der Waals surface area (Å²) < 4.78 is 5.42. The Labute approximate surface area is 113 Å². The third-order valence-electron chi connectivity index (χ3n) is 3.91. The van der Waals surface area contributed by atoms with Gasteiger partial charge in [0.15, 0.2) is 0 Å². The maximum absolute atomic E-state index is 5.42. The maximum Gasteiger partial charge on any atom is 0.104 e. The molecular formula is C15H21N3O. The highest BCUT2D eigenvalue weighted by molar-refractivity contribution is 5.75. The number of hydrogen-bond acceptors (Lipinski definition) is 3. The van der Waals surface area contributed by atoms with Gasteiger partial charge in [-0.05, 0) is 44.5 Å². The van der Waals surface area contributed by atoms with E-state index in [0.717, 1.165) is 49.5 Å². The van der Waals surface area contributed by atoms with Crippen molar-refractivity contribution in [2.45, 2.75) is 32.4 Å². The average Bonchev–Trinajstić information content (AvgIpc) is 2.79. The number of fused-ring (bicyclic) bond motifs is 1. The lowest BCUT2D eigenvalue weighted by atomic mass is 10.1. The third kappa shape index (κ3) is 2.80. The van der Waals surface area contributed by atoms with E-state index in [2.05, 4.69) is 40.1 Å². The Morgan fingerprint density at radius 1 is 1.37 bits per heavy atom. The molecule has 4 heteroatoms. The van der Waals surface area contributed by atoms with Crippen LogP contribution < -0.4 is 0 Å². The standard InChI is InChI=1S/C15H21N3O/c1-11-16-14-4-3-12(9-15(14)17-11)10-18(2)13-5-7-19-8-6-13/h3-4,9,13H,5-8,10H2,1-2H3,(H,16,17). The molecule has 19 heavy (non-hydrogen) atoms. The molecule has 0 radical (unpaired) electrons. The molecule has 1 aromatic heterocycles. The van der Waals surface area contributed by atoms with E-state index >= 15 is 0 Å². The van der Waals surface area contributed by atoms with Crippen LogP contribution in [0.4, 0.5) is 0 Å². The molecule has 1 aliphatic heterocycles. The molecule has 1 N–H and O–H groups in total. The van der Waals surface area contributed by atoms with E-state index in [1.165, 1.54) is 5.56 Å². The monoisotopic (exact) mass is 259 g/mol. The molecule has 1 fully saturated rings. The molecule has 1 saturated heterocycles. The van der Waals surface area contributed by atoms with Crippen LogP contribution in [0.2, 0.25) is 0 Å². The van der Waals surface area contributed by atoms with E-state index in [4.69, 9.17) is 4.74 Å². The average molecular weight is 259 g/mol. The number of rotatable bonds is 3. The first kappa shape index (κ1) is 12.6. The number of nitrogens with zero attached hydrogens (tertiary/aromatic N) is 2. The Morgan fingerprint density at radius 2 is 2.16 bits per heavy atom. The summed E-state index contributed by atoms with van der Waals surface area (Å²) in [6, 6.07) is 7.14. The van der Waals surface area contributed by atoms with Gasteiger partial charge in [0.25, 0.3) is 0 Å². The highest BCUT2D eigenvalue weighted by Gasteiger charge is 2.18. The summed E-state index contributed by atoms with van der Waals surface area (Å²) in [5.41, 5.74) is 3.52. The van der Waals surface area contributed by atoms with Gasteiger partial charge in [0.05, 0.1) is 11.0 Å². The van der Waals surface area contributed by atoms with Crippen molar-refractivity contribution in [1.82, 2.24) is 14.9 Å². The Kier molecular flexibility index (Phi) is 3.53. The van der Waals surface area contributed by atoms with Gasteiger partial charge in [-0.3, -0.25) is 4.90 Å². The van der Waals surface area contributed by atoms with Gasteiger partial charge >= 0.3 is 0 Å². The number of aromatic amines is 1. The molecule has 0 aliphatic carbocycles. The van der Waals surface area contributed by atoms with Crippen LogP contribution in [-0.2, 0) is 11.3 Å². The summed E-state index contributed by atoms with van der Waals surface area (Å²) in [6.45, 7) is 4.77. The number of nitrogens with one attached hydrogen (secondary N) is 1. The summed E-state index contributed by atoms with van der Waals surface area (Å²) >= 11 is 0. The zero-order valence-electron chi connectivity index (χ0n) is 11.6. The lowest BCUT2D eigenvalue weighted by molar-refractivity contribution is 0.0407. The number of imidazole rings is 1. The smallest absolute Gasteiger partial charge is 0.104 e. The Hall–Kier alpha value is -1.39. The molecule has 0 saturated carbocycles. The Bertz CT molecular complexity index is 558. The van der Waals surface area contributed by atoms with Crippen molar-refractivity contribution in [2.75, 3.05) is 20.3 Å². The predicted molar refractivity (Wildman–Crippen MR) is 76.1 cm³/mol. The quantitative estimate of drug-likeness (QED) is 0.920. The van der Waals surface area contributed by atoms with Gasteiger partial charge in [0.2, 0.25) is 0 Å². The van der Waals surface area contributed by atoms with Gasteiger partial charge in [-0.2, -0.15) is 0 Å². The SMILES string of the molecule is Cc1nc2ccc(CN(C)C3CCOCC3)cc2[nH]1. The van der Waals surface area contributed by atoms with Crippen molar-refractivity contribution in [3.05, 3.63) is 29.6 Å². The lowest BCUT2D eigenvalue weighted by Crippen LogP contribution is -2.36. The molecule has 4 nitrogen and oxygen atoms in total. The summed E-state index contributed by atoms with van der Waals surface area (Å²) in [5.74, 6) is 0.977. The fourth-order valence-electron chi connectivity index (χ4n) is 2.83. The summed E-state index contributed by atoms with van der Waals surface area (Å²) in [7, 11) is 2.21. The van der Waals surface area contributed by atoms with Gasteiger partial charge in [0, 0.05) is 25.8 Å². The van der Waals surface area contributed by atoms with Crippen LogP contribution in [0.1, 0.15) is 24.2 Å². The van der Waals surface area contributed by atoms with Crippen LogP contribution in [0, 0.1) is 6.92 Å². The van der Waals surface area contributed by atoms with Gasteiger partial charge in [-0.1, -0.05) is 6.07 Å². The molecule has 1 aliphatic rings. The van der Waals surface area contributed by atoms with E-state index in [-0.39, 0.29) is 0 Å². The number of benzene rings is 1. The van der Waals surface area contributed by atoms with Crippen molar-refractivity contribution >= 4 is 11.0 Å². The second kappa shape index (κ2) is 5.31. The minimum Gasteiger partial charge on any atom is -0.381 e. The lowest BCUT2D eigenvalue weighted by Gasteiger charge is -2.31. The molecule has 3 rings (SSSR count). The van der Waals surface area contributed by atoms with Crippen molar-refractivity contribution in [2.24, 2.45) is 0 Å². The molecular weight excluding hydrogens is 238 g/mol. The summed E-state index contributed by atoms with van der Waals surface area (Å²) in [6.07, 6.45) is 2.28. The van der Waals surface area contributed by atoms with Crippen LogP contribution >= 0.6 is 0 Å². The van der Waals surface area contributed by atoms with Gasteiger partial charge in [0.1, 0.15) is 5.82 Å². The van der Waals surface area contributed by atoms with Gasteiger partial charge in [-0.15, -0.1) is 0 Å². The van der Waals surface area contributed by atoms with E-state index < -0.39 is 0 Å². The number of hydrogen-bond donors (Lipinski definition) is 1. The normalized spacial score (nSPS) is 17.4. The first-order valence-electron chi connectivity index (χ1n) is 6.95. The number of aryl methyl sites for hydroxylation is 1. The molecule has 2 aromatic rings. The fraction of sp³-hybridized carbons (Fsp3) is 0.533. The highest BCUT2D eigenvalue weighted by Crippen LogP contribution is 2.18. The van der Waals surface area contributed by atoms with E-state index in [1.807, 2.05) is 6.92 Å². The predicted octanol–water partition coefficient (Wildman–Crippen LogP) is 2.48. The van der Waals surface area contributed by atoms with Gasteiger partial charge in [-0.25, -0.2) is 4.98 Å². The molecule has 0 atom stereocenters. The van der Waals surface area contributed by atoms with E-state index in [1.54, 1.807) is 0 Å². The Morgan fingerprint density at radius 3 is 2.95 bits per heavy atom. The van der Waals surface area contributed by atoms with E-state index in [9.17, 15) is 0 Å². The molecule has 0 spiro atoms. The van der Waals surface area contributed by atoms with Crippen LogP contribution in [0.15, 0.2) is 18.2 Å². The second-order valence-electron chi connectivity index (χ2n) is 5.43. The number of aromatic nitrogens is 2. The van der Waals surface area contributed by atoms with Crippen LogP contribution in [0.5, 0.6) is 0 Å². The van der Waals surface area contributed by atoms with Crippen LogP contribution in [0.25, 0.3) is 11.0 Å².